The van der Waals surface area contributed by atoms with E-state index in [4.69, 9.17) is 5.11 Å². The Labute approximate surface area is 218 Å². The minimum Gasteiger partial charge on any atom is -0.332 e. The van der Waals surface area contributed by atoms with Crippen molar-refractivity contribution in [3.63, 3.8) is 0 Å². The Hall–Kier alpha value is -2.01. The van der Waals surface area contributed by atoms with Gasteiger partial charge in [0.05, 0.1) is 0 Å². The van der Waals surface area contributed by atoms with Crippen LogP contribution in [0.15, 0.2) is 0 Å². The van der Waals surface area contributed by atoms with Crippen molar-refractivity contribution in [2.75, 3.05) is 0 Å². The predicted molar refractivity (Wildman–Crippen MR) is 72.5 cm³/mol. The number of halogens is 27. The number of hydrogen-bond acceptors (Lipinski definition) is 3. The van der Waals surface area contributed by atoms with E-state index in [1.165, 1.54) is 9.47 Å². The summed E-state index contributed by atoms with van der Waals surface area (Å²) >= 11 is 0. The molecule has 0 amide bonds. The van der Waals surface area contributed by atoms with Crippen LogP contribution in [0.2, 0.25) is 0 Å². The highest BCUT2D eigenvalue weighted by Crippen LogP contribution is 2.70. The third-order valence-corrected chi connectivity index (χ3v) is 5.22. The van der Waals surface area contributed by atoms with Crippen molar-refractivity contribution in [1.82, 2.24) is 0 Å². The monoisotopic (exact) mass is 730 g/mol. The van der Waals surface area contributed by atoms with Crippen LogP contribution in [0.3, 0.4) is 0 Å². The van der Waals surface area contributed by atoms with E-state index in [9.17, 15) is 119 Å². The summed E-state index contributed by atoms with van der Waals surface area (Å²) in [6.45, 7) is 0. The summed E-state index contributed by atoms with van der Waals surface area (Å²) in [7, 11) is 0. The molecule has 1 aliphatic rings. The fourth-order valence-corrected chi connectivity index (χ4v) is 2.76. The van der Waals surface area contributed by atoms with Gasteiger partial charge in [-0.1, -0.05) is 0 Å². The SMILES string of the molecule is OC(F)(F)C1(C(F)(F)C(F)(F)C(F)(F)C(F)(F)C(F)(F)F)OC(F)(F)C(F)(C(F)(F)C(F)(F)C(F)(F)C(F)(F)C(F)(F)F)O1. The molecule has 1 fully saturated rings. The molecule has 0 aromatic heterocycles. The Bertz CT molecular complexity index is 1090. The molecule has 0 saturated carbocycles. The lowest BCUT2D eigenvalue weighted by molar-refractivity contribution is -0.512. The summed E-state index contributed by atoms with van der Waals surface area (Å²) in [5.74, 6) is -90.0. The lowest BCUT2D eigenvalue weighted by Crippen LogP contribution is -2.76. The molecule has 2 atom stereocenters. The Morgan fingerprint density at radius 2 is 0.636 bits per heavy atom. The molecule has 0 aromatic carbocycles. The van der Waals surface area contributed by atoms with Crippen molar-refractivity contribution < 1.29 is 133 Å². The van der Waals surface area contributed by atoms with Gasteiger partial charge in [-0.05, 0) is 0 Å². The molecular weight excluding hydrogens is 729 g/mol. The number of ether oxygens (including phenoxy) is 2. The summed E-state index contributed by atoms with van der Waals surface area (Å²) in [4.78, 5) is 0. The van der Waals surface area contributed by atoms with Gasteiger partial charge in [-0.2, -0.15) is 119 Å². The maximum absolute atomic E-state index is 14.5. The second-order valence-corrected chi connectivity index (χ2v) is 8.06. The van der Waals surface area contributed by atoms with Crippen LogP contribution in [0.5, 0.6) is 0 Å². The quantitative estimate of drug-likeness (QED) is 0.247. The van der Waals surface area contributed by atoms with Crippen LogP contribution in [-0.2, 0) is 9.47 Å². The molecule has 0 aliphatic carbocycles. The van der Waals surface area contributed by atoms with Crippen molar-refractivity contribution >= 4 is 0 Å². The maximum Gasteiger partial charge on any atom is 0.460 e. The smallest absolute Gasteiger partial charge is 0.332 e. The first-order chi connectivity index (χ1) is 18.4. The van der Waals surface area contributed by atoms with Crippen LogP contribution in [-0.4, -0.2) is 88.7 Å². The molecular formula is C14HF27O3. The van der Waals surface area contributed by atoms with Gasteiger partial charge in [0, 0.05) is 0 Å². The van der Waals surface area contributed by atoms with Crippen molar-refractivity contribution in [3.8, 4) is 0 Å². The van der Waals surface area contributed by atoms with Gasteiger partial charge in [0.15, 0.2) is 0 Å². The first-order valence-corrected chi connectivity index (χ1v) is 9.14. The predicted octanol–water partition coefficient (Wildman–Crippen LogP) is 7.78. The fourth-order valence-electron chi connectivity index (χ4n) is 2.76. The Balaban J connectivity index is 4.19. The van der Waals surface area contributed by atoms with Crippen molar-refractivity contribution in [3.05, 3.63) is 0 Å². The van der Waals surface area contributed by atoms with Gasteiger partial charge in [-0.3, -0.25) is 9.47 Å². The molecule has 1 saturated heterocycles. The number of alkyl halides is 27. The van der Waals surface area contributed by atoms with E-state index in [1.807, 2.05) is 0 Å². The molecule has 1 heterocycles. The van der Waals surface area contributed by atoms with E-state index >= 15 is 0 Å². The molecule has 264 valence electrons. The van der Waals surface area contributed by atoms with Gasteiger partial charge in [0.1, 0.15) is 0 Å². The van der Waals surface area contributed by atoms with Gasteiger partial charge in [0.25, 0.3) is 0 Å². The van der Waals surface area contributed by atoms with Crippen molar-refractivity contribution in [2.45, 2.75) is 83.6 Å². The molecule has 0 bridgehead atoms. The summed E-state index contributed by atoms with van der Waals surface area (Å²) in [5.41, 5.74) is 0. The molecule has 0 aromatic rings. The minimum absolute atomic E-state index is 1.39. The van der Waals surface area contributed by atoms with E-state index in [0.717, 1.165) is 0 Å². The average molecular weight is 730 g/mol. The van der Waals surface area contributed by atoms with Gasteiger partial charge < -0.3 is 5.11 Å². The molecule has 1 rings (SSSR count). The third-order valence-electron chi connectivity index (χ3n) is 5.22. The average Bonchev–Trinajstić information content (AvgIpc) is 2.99. The Morgan fingerprint density at radius 1 is 0.364 bits per heavy atom. The Kier molecular flexibility index (Phi) is 8.45. The maximum atomic E-state index is 14.5. The van der Waals surface area contributed by atoms with Crippen LogP contribution in [0, 0.1) is 0 Å². The fraction of sp³-hybridized carbons (Fsp3) is 1.00. The van der Waals surface area contributed by atoms with Gasteiger partial charge in [-0.25, -0.2) is 0 Å². The molecule has 44 heavy (non-hydrogen) atoms. The molecule has 3 nitrogen and oxygen atoms in total. The Morgan fingerprint density at radius 3 is 0.886 bits per heavy atom. The van der Waals surface area contributed by atoms with E-state index in [2.05, 4.69) is 0 Å². The molecule has 0 radical (unpaired) electrons. The topological polar surface area (TPSA) is 38.7 Å². The largest absolute Gasteiger partial charge is 0.460 e. The molecule has 1 aliphatic heterocycles. The number of rotatable bonds is 9. The van der Waals surface area contributed by atoms with Crippen LogP contribution >= 0.6 is 0 Å². The van der Waals surface area contributed by atoms with Gasteiger partial charge in [0.2, 0.25) is 0 Å². The van der Waals surface area contributed by atoms with E-state index in [0.29, 0.717) is 0 Å². The normalized spacial score (nSPS) is 25.9. The van der Waals surface area contributed by atoms with Crippen LogP contribution in [0.25, 0.3) is 0 Å². The summed E-state index contributed by atoms with van der Waals surface area (Å²) in [5, 5.41) is 8.22. The van der Waals surface area contributed by atoms with Crippen molar-refractivity contribution in [1.29, 1.82) is 0 Å². The minimum atomic E-state index is -9.31. The zero-order valence-electron chi connectivity index (χ0n) is 18.5. The highest BCUT2D eigenvalue weighted by Gasteiger charge is 3.02. The zero-order valence-corrected chi connectivity index (χ0v) is 18.5. The summed E-state index contributed by atoms with van der Waals surface area (Å²) in [6.07, 6.45) is -33.1. The molecule has 0 spiro atoms. The van der Waals surface area contributed by atoms with Crippen LogP contribution in [0.4, 0.5) is 119 Å². The second kappa shape index (κ2) is 9.29. The van der Waals surface area contributed by atoms with E-state index < -0.39 is 83.6 Å². The first kappa shape index (κ1) is 40.0. The lowest BCUT2D eigenvalue weighted by atomic mass is 9.91. The van der Waals surface area contributed by atoms with Gasteiger partial charge in [-0.15, -0.1) is 0 Å². The van der Waals surface area contributed by atoms with Crippen molar-refractivity contribution in [2.24, 2.45) is 0 Å². The molecule has 2 unspecified atom stereocenters. The van der Waals surface area contributed by atoms with E-state index in [-0.39, 0.29) is 0 Å². The number of aliphatic hydroxyl groups is 1. The molecule has 1 N–H and O–H groups in total. The summed E-state index contributed by atoms with van der Waals surface area (Å²) < 4.78 is 361. The zero-order chi connectivity index (χ0) is 36.4. The van der Waals surface area contributed by atoms with E-state index in [1.54, 1.807) is 0 Å². The lowest BCUT2D eigenvalue weighted by Gasteiger charge is -2.44. The number of hydrogen-bond donors (Lipinski definition) is 1. The first-order valence-electron chi connectivity index (χ1n) is 9.14. The second-order valence-electron chi connectivity index (χ2n) is 8.06. The standard InChI is InChI=1S/C14HF27O3/c15-1(16,3(19,20)7(27,28)11(32,33)34)5(23,24)9(31)14(40,41)44-10(43-9,13(38,39)42)6(25,26)2(17,18)4(21,22)8(29,30)12(35,36)37/h42H. The van der Waals surface area contributed by atoms with Crippen LogP contribution in [0.1, 0.15) is 0 Å². The van der Waals surface area contributed by atoms with Crippen LogP contribution < -0.4 is 0 Å². The van der Waals surface area contributed by atoms with Gasteiger partial charge >= 0.3 is 83.6 Å². The highest BCUT2D eigenvalue weighted by atomic mass is 19.4. The third kappa shape index (κ3) is 4.37. The highest BCUT2D eigenvalue weighted by molar-refractivity contribution is 5.19. The molecule has 30 heteroatoms. The summed E-state index contributed by atoms with van der Waals surface area (Å²) in [6, 6.07) is 0.